The van der Waals surface area contributed by atoms with Gasteiger partial charge in [0, 0.05) is 29.9 Å². The highest BCUT2D eigenvalue weighted by Gasteiger charge is 2.23. The van der Waals surface area contributed by atoms with Crippen LogP contribution in [0.1, 0.15) is 26.2 Å². The first-order valence-electron chi connectivity index (χ1n) is 7.49. The predicted octanol–water partition coefficient (Wildman–Crippen LogP) is 3.71. The van der Waals surface area contributed by atoms with Crippen LogP contribution in [0, 0.1) is 11.7 Å². The Morgan fingerprint density at radius 3 is 2.90 bits per heavy atom. The molecule has 0 saturated carbocycles. The van der Waals surface area contributed by atoms with Crippen LogP contribution >= 0.6 is 11.8 Å². The summed E-state index contributed by atoms with van der Waals surface area (Å²) < 4.78 is 18.7. The highest BCUT2D eigenvalue weighted by molar-refractivity contribution is 7.99. The lowest BCUT2D eigenvalue weighted by molar-refractivity contribution is 0.0566. The van der Waals surface area contributed by atoms with Gasteiger partial charge in [0.15, 0.2) is 0 Å². The molecule has 1 atom stereocenters. The molecule has 4 heteroatoms. The van der Waals surface area contributed by atoms with Crippen LogP contribution in [-0.4, -0.2) is 31.6 Å². The zero-order chi connectivity index (χ0) is 14.2. The Morgan fingerprint density at radius 2 is 2.20 bits per heavy atom. The molecule has 1 fully saturated rings. The number of benzene rings is 1. The molecule has 1 saturated heterocycles. The van der Waals surface area contributed by atoms with E-state index in [0.717, 1.165) is 49.7 Å². The third kappa shape index (κ3) is 5.08. The maximum absolute atomic E-state index is 13.2. The van der Waals surface area contributed by atoms with E-state index in [9.17, 15) is 4.39 Å². The average molecular weight is 297 g/mol. The second-order valence-corrected chi connectivity index (χ2v) is 6.37. The molecule has 2 rings (SSSR count). The van der Waals surface area contributed by atoms with E-state index in [1.807, 2.05) is 6.07 Å². The Bertz CT molecular complexity index is 396. The number of nitrogens with one attached hydrogen (secondary N) is 1. The smallest absolute Gasteiger partial charge is 0.124 e. The van der Waals surface area contributed by atoms with Crippen molar-refractivity contribution in [3.63, 3.8) is 0 Å². The van der Waals surface area contributed by atoms with E-state index >= 15 is 0 Å². The molecule has 1 unspecified atom stereocenters. The summed E-state index contributed by atoms with van der Waals surface area (Å²) in [5.41, 5.74) is 0. The molecule has 0 bridgehead atoms. The number of ether oxygens (including phenoxy) is 1. The Morgan fingerprint density at radius 1 is 1.40 bits per heavy atom. The van der Waals surface area contributed by atoms with Crippen LogP contribution in [0.25, 0.3) is 0 Å². The first kappa shape index (κ1) is 15.8. The van der Waals surface area contributed by atoms with Crippen LogP contribution in [0.3, 0.4) is 0 Å². The first-order valence-corrected chi connectivity index (χ1v) is 8.47. The van der Waals surface area contributed by atoms with Gasteiger partial charge in [0.2, 0.25) is 0 Å². The van der Waals surface area contributed by atoms with Gasteiger partial charge in [0.25, 0.3) is 0 Å². The van der Waals surface area contributed by atoms with Crippen LogP contribution < -0.4 is 5.32 Å². The molecule has 2 nitrogen and oxygen atoms in total. The molecule has 1 aliphatic rings. The number of rotatable bonds is 7. The minimum Gasteiger partial charge on any atom is -0.381 e. The molecule has 1 aromatic rings. The summed E-state index contributed by atoms with van der Waals surface area (Å²) in [4.78, 5) is 1.01. The van der Waals surface area contributed by atoms with Crippen LogP contribution in [0.15, 0.2) is 29.2 Å². The zero-order valence-corrected chi connectivity index (χ0v) is 12.9. The summed E-state index contributed by atoms with van der Waals surface area (Å²) in [6.45, 7) is 4.98. The lowest BCUT2D eigenvalue weighted by atomic mass is 9.93. The SMILES string of the molecule is CCCNC(CSc1cccc(F)c1)C1CCOCC1. The van der Waals surface area contributed by atoms with E-state index in [1.165, 1.54) is 6.07 Å². The molecule has 0 radical (unpaired) electrons. The van der Waals surface area contributed by atoms with Gasteiger partial charge in [0.1, 0.15) is 5.82 Å². The van der Waals surface area contributed by atoms with E-state index < -0.39 is 0 Å². The number of hydrogen-bond acceptors (Lipinski definition) is 3. The van der Waals surface area contributed by atoms with Gasteiger partial charge in [-0.3, -0.25) is 0 Å². The fraction of sp³-hybridized carbons (Fsp3) is 0.625. The normalized spacial score (nSPS) is 18.1. The van der Waals surface area contributed by atoms with Crippen molar-refractivity contribution in [1.82, 2.24) is 5.32 Å². The highest BCUT2D eigenvalue weighted by Crippen LogP contribution is 2.25. The molecule has 20 heavy (non-hydrogen) atoms. The maximum atomic E-state index is 13.2. The van der Waals surface area contributed by atoms with Crippen LogP contribution in [0.5, 0.6) is 0 Å². The molecule has 0 aliphatic carbocycles. The summed E-state index contributed by atoms with van der Waals surface area (Å²) >= 11 is 1.74. The van der Waals surface area contributed by atoms with E-state index in [1.54, 1.807) is 23.9 Å². The van der Waals surface area contributed by atoms with Gasteiger partial charge in [-0.25, -0.2) is 4.39 Å². The lowest BCUT2D eigenvalue weighted by Crippen LogP contribution is -2.41. The predicted molar refractivity (Wildman–Crippen MR) is 82.7 cm³/mol. The quantitative estimate of drug-likeness (QED) is 0.775. The van der Waals surface area contributed by atoms with Gasteiger partial charge >= 0.3 is 0 Å². The Kier molecular flexibility index (Phi) is 6.83. The molecule has 1 N–H and O–H groups in total. The van der Waals surface area contributed by atoms with Crippen molar-refractivity contribution in [2.45, 2.75) is 37.1 Å². The lowest BCUT2D eigenvalue weighted by Gasteiger charge is -2.31. The highest BCUT2D eigenvalue weighted by atomic mass is 32.2. The van der Waals surface area contributed by atoms with Gasteiger partial charge in [-0.2, -0.15) is 0 Å². The molecular weight excluding hydrogens is 273 g/mol. The number of halogens is 1. The summed E-state index contributed by atoms with van der Waals surface area (Å²) in [6, 6.07) is 7.36. The molecule has 0 aromatic heterocycles. The second kappa shape index (κ2) is 8.65. The summed E-state index contributed by atoms with van der Waals surface area (Å²) in [6.07, 6.45) is 3.40. The number of hydrogen-bond donors (Lipinski definition) is 1. The summed E-state index contributed by atoms with van der Waals surface area (Å²) in [5, 5.41) is 3.65. The third-order valence-electron chi connectivity index (χ3n) is 3.72. The van der Waals surface area contributed by atoms with E-state index in [4.69, 9.17) is 4.74 Å². The molecule has 0 spiro atoms. The monoisotopic (exact) mass is 297 g/mol. The van der Waals surface area contributed by atoms with E-state index in [-0.39, 0.29) is 5.82 Å². The third-order valence-corrected chi connectivity index (χ3v) is 4.83. The van der Waals surface area contributed by atoms with Crippen molar-refractivity contribution in [3.05, 3.63) is 30.1 Å². The van der Waals surface area contributed by atoms with Crippen molar-refractivity contribution >= 4 is 11.8 Å². The van der Waals surface area contributed by atoms with Crippen molar-refractivity contribution in [2.75, 3.05) is 25.5 Å². The van der Waals surface area contributed by atoms with Gasteiger partial charge < -0.3 is 10.1 Å². The van der Waals surface area contributed by atoms with Crippen molar-refractivity contribution in [1.29, 1.82) is 0 Å². The average Bonchev–Trinajstić information content (AvgIpc) is 2.48. The summed E-state index contributed by atoms with van der Waals surface area (Å²) in [7, 11) is 0. The zero-order valence-electron chi connectivity index (χ0n) is 12.1. The largest absolute Gasteiger partial charge is 0.381 e. The minimum atomic E-state index is -0.154. The molecular formula is C16H24FNOS. The molecule has 112 valence electrons. The minimum absolute atomic E-state index is 0.154. The first-order chi connectivity index (χ1) is 9.79. The Hall–Kier alpha value is -0.580. The van der Waals surface area contributed by atoms with Crippen molar-refractivity contribution < 1.29 is 9.13 Å². The van der Waals surface area contributed by atoms with Gasteiger partial charge in [-0.15, -0.1) is 11.8 Å². The van der Waals surface area contributed by atoms with E-state index in [2.05, 4.69) is 12.2 Å². The fourth-order valence-corrected chi connectivity index (χ4v) is 3.69. The summed E-state index contributed by atoms with van der Waals surface area (Å²) in [5.74, 6) is 1.52. The van der Waals surface area contributed by atoms with Crippen LogP contribution in [0.4, 0.5) is 4.39 Å². The Labute approximate surface area is 125 Å². The molecule has 1 heterocycles. The second-order valence-electron chi connectivity index (χ2n) is 5.28. The van der Waals surface area contributed by atoms with Gasteiger partial charge in [0.05, 0.1) is 0 Å². The van der Waals surface area contributed by atoms with Crippen LogP contribution in [0.2, 0.25) is 0 Å². The molecule has 1 aromatic carbocycles. The van der Waals surface area contributed by atoms with Crippen molar-refractivity contribution in [2.24, 2.45) is 5.92 Å². The molecule has 0 amide bonds. The van der Waals surface area contributed by atoms with Gasteiger partial charge in [-0.1, -0.05) is 13.0 Å². The molecule has 1 aliphatic heterocycles. The van der Waals surface area contributed by atoms with E-state index in [0.29, 0.717) is 12.0 Å². The number of thioether (sulfide) groups is 1. The van der Waals surface area contributed by atoms with Crippen LogP contribution in [-0.2, 0) is 4.74 Å². The Balaban J connectivity index is 1.89. The maximum Gasteiger partial charge on any atom is 0.124 e. The fourth-order valence-electron chi connectivity index (χ4n) is 2.55. The standard InChI is InChI=1S/C16H24FNOS/c1-2-8-18-16(13-6-9-19-10-7-13)12-20-15-5-3-4-14(17)11-15/h3-5,11,13,16,18H,2,6-10,12H2,1H3. The topological polar surface area (TPSA) is 21.3 Å². The van der Waals surface area contributed by atoms with Gasteiger partial charge in [-0.05, 0) is 49.9 Å². The van der Waals surface area contributed by atoms with Crippen molar-refractivity contribution in [3.8, 4) is 0 Å².